The fourth-order valence-electron chi connectivity index (χ4n) is 4.47. The molecule has 2 heterocycles. The third kappa shape index (κ3) is 4.35. The molecule has 1 aromatic carbocycles. The molecule has 2 aliphatic rings. The number of rotatable bonds is 5. The van der Waals surface area contributed by atoms with Crippen LogP contribution in [0.25, 0.3) is 0 Å². The SMILES string of the molecule is O=C(CC1(Cn2cnnn2)CCCCC1)N1CCOC(c2ccccc2)C1. The number of carbonyl (C=O) groups excluding carboxylic acids is 1. The number of hydrogen-bond acceptors (Lipinski definition) is 5. The molecule has 2 aromatic rings. The van der Waals surface area contributed by atoms with Crippen molar-refractivity contribution in [1.82, 2.24) is 25.1 Å². The summed E-state index contributed by atoms with van der Waals surface area (Å²) in [5, 5.41) is 11.5. The number of nitrogens with zero attached hydrogens (tertiary/aromatic N) is 5. The number of amides is 1. The predicted molar refractivity (Wildman–Crippen MR) is 99.7 cm³/mol. The Morgan fingerprint density at radius 2 is 2.00 bits per heavy atom. The van der Waals surface area contributed by atoms with Gasteiger partial charge >= 0.3 is 0 Å². The largest absolute Gasteiger partial charge is 0.370 e. The molecular weight excluding hydrogens is 342 g/mol. The lowest BCUT2D eigenvalue weighted by Gasteiger charge is -2.39. The van der Waals surface area contributed by atoms with E-state index in [-0.39, 0.29) is 17.4 Å². The van der Waals surface area contributed by atoms with E-state index in [2.05, 4.69) is 27.7 Å². The summed E-state index contributed by atoms with van der Waals surface area (Å²) in [6.07, 6.45) is 7.90. The molecule has 1 saturated heterocycles. The number of benzene rings is 1. The minimum atomic E-state index is -0.0364. The summed E-state index contributed by atoms with van der Waals surface area (Å²) >= 11 is 0. The molecule has 1 aliphatic heterocycles. The van der Waals surface area contributed by atoms with E-state index in [1.807, 2.05) is 23.1 Å². The lowest BCUT2D eigenvalue weighted by Crippen LogP contribution is -2.45. The maximum Gasteiger partial charge on any atom is 0.223 e. The average Bonchev–Trinajstić information content (AvgIpc) is 3.22. The maximum absolute atomic E-state index is 13.2. The summed E-state index contributed by atoms with van der Waals surface area (Å²) in [6.45, 7) is 2.61. The number of aromatic nitrogens is 4. The van der Waals surface area contributed by atoms with Gasteiger partial charge in [0.15, 0.2) is 0 Å². The van der Waals surface area contributed by atoms with Gasteiger partial charge in [-0.2, -0.15) is 0 Å². The van der Waals surface area contributed by atoms with Crippen LogP contribution < -0.4 is 0 Å². The van der Waals surface area contributed by atoms with E-state index in [9.17, 15) is 4.79 Å². The Labute approximate surface area is 159 Å². The van der Waals surface area contributed by atoms with E-state index in [1.54, 1.807) is 11.0 Å². The van der Waals surface area contributed by atoms with Crippen LogP contribution in [0.3, 0.4) is 0 Å². The summed E-state index contributed by atoms with van der Waals surface area (Å²) in [6, 6.07) is 10.2. The molecule has 0 bridgehead atoms. The first-order valence-corrected chi connectivity index (χ1v) is 9.89. The zero-order valence-corrected chi connectivity index (χ0v) is 15.7. The second-order valence-electron chi connectivity index (χ2n) is 7.85. The van der Waals surface area contributed by atoms with Crippen LogP contribution in [0.15, 0.2) is 36.7 Å². The van der Waals surface area contributed by atoms with Gasteiger partial charge in [0.2, 0.25) is 5.91 Å². The zero-order chi connectivity index (χ0) is 18.5. The molecular formula is C20H27N5O2. The molecule has 0 radical (unpaired) electrons. The van der Waals surface area contributed by atoms with Gasteiger partial charge in [0.25, 0.3) is 0 Å². The van der Waals surface area contributed by atoms with Crippen molar-refractivity contribution in [1.29, 1.82) is 0 Å². The van der Waals surface area contributed by atoms with Crippen LogP contribution in [0.2, 0.25) is 0 Å². The topological polar surface area (TPSA) is 73.1 Å². The Balaban J connectivity index is 1.44. The molecule has 1 saturated carbocycles. The summed E-state index contributed by atoms with van der Waals surface area (Å²) in [4.78, 5) is 15.2. The molecule has 1 atom stereocenters. The predicted octanol–water partition coefficient (Wildman–Crippen LogP) is 2.61. The van der Waals surface area contributed by atoms with Crippen molar-refractivity contribution in [3.8, 4) is 0 Å². The van der Waals surface area contributed by atoms with Crippen LogP contribution in [-0.4, -0.2) is 50.7 Å². The Kier molecular flexibility index (Phi) is 5.48. The quantitative estimate of drug-likeness (QED) is 0.810. The molecule has 1 amide bonds. The fraction of sp³-hybridized carbons (Fsp3) is 0.600. The number of carbonyl (C=O) groups is 1. The molecule has 27 heavy (non-hydrogen) atoms. The smallest absolute Gasteiger partial charge is 0.223 e. The van der Waals surface area contributed by atoms with Gasteiger partial charge in [-0.05, 0) is 34.2 Å². The van der Waals surface area contributed by atoms with Gasteiger partial charge in [-0.25, -0.2) is 4.68 Å². The van der Waals surface area contributed by atoms with Gasteiger partial charge in [-0.15, -0.1) is 5.10 Å². The third-order valence-corrected chi connectivity index (χ3v) is 5.92. The van der Waals surface area contributed by atoms with Crippen LogP contribution >= 0.6 is 0 Å². The Hall–Kier alpha value is -2.28. The van der Waals surface area contributed by atoms with Gasteiger partial charge in [0, 0.05) is 13.0 Å². The van der Waals surface area contributed by atoms with Gasteiger partial charge in [-0.3, -0.25) is 4.79 Å². The Morgan fingerprint density at radius 1 is 1.19 bits per heavy atom. The highest BCUT2D eigenvalue weighted by atomic mass is 16.5. The minimum absolute atomic E-state index is 0.0364. The second-order valence-corrected chi connectivity index (χ2v) is 7.85. The molecule has 1 aromatic heterocycles. The van der Waals surface area contributed by atoms with Crippen LogP contribution in [0.1, 0.15) is 50.2 Å². The lowest BCUT2D eigenvalue weighted by molar-refractivity contribution is -0.142. The van der Waals surface area contributed by atoms with Crippen molar-refractivity contribution in [3.05, 3.63) is 42.2 Å². The standard InChI is InChI=1S/C20H27N5O2/c26-19(24-11-12-27-18(14-24)17-7-3-1-4-8-17)13-20(9-5-2-6-10-20)15-25-16-21-22-23-25/h1,3-4,7-8,16,18H,2,5-6,9-15H2. The molecule has 0 N–H and O–H groups in total. The van der Waals surface area contributed by atoms with E-state index >= 15 is 0 Å². The second kappa shape index (κ2) is 8.17. The van der Waals surface area contributed by atoms with E-state index in [0.29, 0.717) is 26.1 Å². The monoisotopic (exact) mass is 369 g/mol. The van der Waals surface area contributed by atoms with Crippen molar-refractivity contribution in [2.24, 2.45) is 5.41 Å². The number of tetrazole rings is 1. The number of ether oxygens (including phenoxy) is 1. The highest BCUT2D eigenvalue weighted by Gasteiger charge is 2.37. The van der Waals surface area contributed by atoms with E-state index < -0.39 is 0 Å². The van der Waals surface area contributed by atoms with Crippen molar-refractivity contribution in [2.45, 2.75) is 51.2 Å². The average molecular weight is 369 g/mol. The van der Waals surface area contributed by atoms with Crippen molar-refractivity contribution in [3.63, 3.8) is 0 Å². The van der Waals surface area contributed by atoms with Crippen molar-refractivity contribution < 1.29 is 9.53 Å². The first kappa shape index (κ1) is 18.1. The van der Waals surface area contributed by atoms with Gasteiger partial charge in [0.1, 0.15) is 12.4 Å². The summed E-state index contributed by atoms with van der Waals surface area (Å²) < 4.78 is 7.70. The Bertz CT molecular complexity index is 728. The molecule has 144 valence electrons. The summed E-state index contributed by atoms with van der Waals surface area (Å²) in [7, 11) is 0. The molecule has 7 nitrogen and oxygen atoms in total. The van der Waals surface area contributed by atoms with Crippen molar-refractivity contribution >= 4 is 5.91 Å². The van der Waals surface area contributed by atoms with Gasteiger partial charge in [-0.1, -0.05) is 49.6 Å². The molecule has 4 rings (SSSR count). The van der Waals surface area contributed by atoms with Crippen LogP contribution in [0, 0.1) is 5.41 Å². The molecule has 7 heteroatoms. The van der Waals surface area contributed by atoms with E-state index in [0.717, 1.165) is 24.9 Å². The highest BCUT2D eigenvalue weighted by Crippen LogP contribution is 2.41. The van der Waals surface area contributed by atoms with Crippen LogP contribution in [-0.2, 0) is 16.1 Å². The summed E-state index contributed by atoms with van der Waals surface area (Å²) in [5.74, 6) is 0.231. The fourth-order valence-corrected chi connectivity index (χ4v) is 4.47. The number of morpholine rings is 1. The van der Waals surface area contributed by atoms with Crippen LogP contribution in [0.5, 0.6) is 0 Å². The van der Waals surface area contributed by atoms with Crippen LogP contribution in [0.4, 0.5) is 0 Å². The molecule has 1 unspecified atom stereocenters. The number of hydrogen-bond donors (Lipinski definition) is 0. The maximum atomic E-state index is 13.2. The van der Waals surface area contributed by atoms with E-state index in [1.165, 1.54) is 19.3 Å². The highest BCUT2D eigenvalue weighted by molar-refractivity contribution is 5.77. The summed E-state index contributed by atoms with van der Waals surface area (Å²) in [5.41, 5.74) is 1.10. The van der Waals surface area contributed by atoms with E-state index in [4.69, 9.17) is 4.74 Å². The Morgan fingerprint density at radius 3 is 2.74 bits per heavy atom. The molecule has 1 aliphatic carbocycles. The minimum Gasteiger partial charge on any atom is -0.370 e. The first-order valence-electron chi connectivity index (χ1n) is 9.89. The van der Waals surface area contributed by atoms with Crippen molar-refractivity contribution in [2.75, 3.05) is 19.7 Å². The lowest BCUT2D eigenvalue weighted by atomic mass is 9.71. The normalized spacial score (nSPS) is 22.5. The third-order valence-electron chi connectivity index (χ3n) is 5.92. The van der Waals surface area contributed by atoms with Gasteiger partial charge < -0.3 is 9.64 Å². The molecule has 2 fully saturated rings. The van der Waals surface area contributed by atoms with Gasteiger partial charge in [0.05, 0.1) is 19.7 Å². The zero-order valence-electron chi connectivity index (χ0n) is 15.7. The molecule has 0 spiro atoms. The first-order chi connectivity index (χ1) is 13.2.